The largest absolute Gasteiger partial charge is 0.369 e. The van der Waals surface area contributed by atoms with Crippen LogP contribution in [0.3, 0.4) is 0 Å². The monoisotopic (exact) mass is 506 g/mol. The average Bonchev–Trinajstić information content (AvgIpc) is 3.43. The summed E-state index contributed by atoms with van der Waals surface area (Å²) in [6.07, 6.45) is 4.99. The molecule has 0 aliphatic heterocycles. The second-order valence-corrected chi connectivity index (χ2v) is 8.64. The van der Waals surface area contributed by atoms with E-state index in [-0.39, 0.29) is 11.9 Å². The van der Waals surface area contributed by atoms with Crippen LogP contribution >= 0.6 is 0 Å². The van der Waals surface area contributed by atoms with Gasteiger partial charge < -0.3 is 22.9 Å². The maximum absolute atomic E-state index is 5.50. The van der Waals surface area contributed by atoms with Crippen molar-refractivity contribution < 1.29 is 0 Å². The Hall–Kier alpha value is -5.52. The Kier molecular flexibility index (Phi) is 6.27. The highest BCUT2D eigenvalue weighted by Crippen LogP contribution is 2.29. The van der Waals surface area contributed by atoms with Gasteiger partial charge in [0.15, 0.2) is 0 Å². The third-order valence-electron chi connectivity index (χ3n) is 5.80. The van der Waals surface area contributed by atoms with Crippen molar-refractivity contribution in [3.8, 4) is 22.5 Å². The van der Waals surface area contributed by atoms with E-state index in [1.165, 1.54) is 0 Å². The number of guanidine groups is 2. The van der Waals surface area contributed by atoms with Gasteiger partial charge in [-0.3, -0.25) is 8.80 Å². The molecule has 0 spiro atoms. The van der Waals surface area contributed by atoms with Crippen LogP contribution in [0.4, 0.5) is 0 Å². The van der Waals surface area contributed by atoms with Crippen molar-refractivity contribution in [3.05, 3.63) is 83.3 Å². The fourth-order valence-electron chi connectivity index (χ4n) is 4.04. The summed E-state index contributed by atoms with van der Waals surface area (Å²) in [6, 6.07) is 18.0. The molecule has 2 aromatic carbocycles. The maximum Gasteiger partial charge on any atom is 0.221 e. The third kappa shape index (κ3) is 4.65. The van der Waals surface area contributed by atoms with E-state index < -0.39 is 0 Å². The maximum atomic E-state index is 5.50. The first-order valence-corrected chi connectivity index (χ1v) is 11.6. The molecule has 3 heterocycles. The van der Waals surface area contributed by atoms with Crippen LogP contribution in [0.5, 0.6) is 0 Å². The van der Waals surface area contributed by atoms with E-state index in [0.29, 0.717) is 34.2 Å². The van der Waals surface area contributed by atoms with Crippen molar-refractivity contribution >= 4 is 35.8 Å². The van der Waals surface area contributed by atoms with Crippen LogP contribution in [0.15, 0.2) is 81.2 Å². The number of aryl methyl sites for hydroxylation is 2. The minimum Gasteiger partial charge on any atom is -0.369 e. The molecule has 0 amide bonds. The molecule has 5 rings (SSSR count). The molecule has 0 saturated carbocycles. The van der Waals surface area contributed by atoms with Gasteiger partial charge in [-0.05, 0) is 19.9 Å². The van der Waals surface area contributed by atoms with E-state index in [0.717, 1.165) is 22.3 Å². The first-order chi connectivity index (χ1) is 18.3. The quantitative estimate of drug-likeness (QED) is 0.155. The zero-order valence-electron chi connectivity index (χ0n) is 20.8. The highest BCUT2D eigenvalue weighted by molar-refractivity contribution is 5.93. The second-order valence-electron chi connectivity index (χ2n) is 8.64. The topological polar surface area (TPSA) is 188 Å². The number of nitrogens with zero attached hydrogens (tertiary/aromatic N) is 8. The fourth-order valence-corrected chi connectivity index (χ4v) is 4.04. The molecule has 190 valence electrons. The molecule has 8 N–H and O–H groups in total. The first-order valence-electron chi connectivity index (χ1n) is 11.6. The van der Waals surface area contributed by atoms with Crippen LogP contribution in [0.1, 0.15) is 22.5 Å². The van der Waals surface area contributed by atoms with Crippen LogP contribution in [0, 0.1) is 13.8 Å². The Balaban J connectivity index is 1.83. The summed E-state index contributed by atoms with van der Waals surface area (Å²) in [5, 5.41) is 15.7. The van der Waals surface area contributed by atoms with Gasteiger partial charge in [-0.2, -0.15) is 10.2 Å². The zero-order chi connectivity index (χ0) is 26.8. The molecule has 0 aliphatic carbocycles. The highest BCUT2D eigenvalue weighted by Gasteiger charge is 2.20. The summed E-state index contributed by atoms with van der Waals surface area (Å²) in [5.41, 5.74) is 29.4. The Morgan fingerprint density at radius 1 is 0.684 bits per heavy atom. The predicted molar refractivity (Wildman–Crippen MR) is 151 cm³/mol. The van der Waals surface area contributed by atoms with Gasteiger partial charge in [0, 0.05) is 17.3 Å². The van der Waals surface area contributed by atoms with Gasteiger partial charge in [-0.1, -0.05) is 59.7 Å². The van der Waals surface area contributed by atoms with Crippen LogP contribution in [-0.4, -0.2) is 43.1 Å². The lowest BCUT2D eigenvalue weighted by molar-refractivity contribution is 1.05. The molecule has 0 saturated heterocycles. The van der Waals surface area contributed by atoms with E-state index >= 15 is 0 Å². The molecular weight excluding hydrogens is 480 g/mol. The molecule has 0 radical (unpaired) electrons. The Bertz CT molecular complexity index is 1740. The van der Waals surface area contributed by atoms with E-state index in [9.17, 15) is 0 Å². The van der Waals surface area contributed by atoms with Crippen LogP contribution in [-0.2, 0) is 0 Å². The van der Waals surface area contributed by atoms with Gasteiger partial charge in [-0.15, -0.1) is 10.2 Å². The molecule has 0 unspecified atom stereocenters. The number of benzene rings is 2. The predicted octanol–water partition coefficient (Wildman–Crippen LogP) is 2.15. The molecule has 5 aromatic rings. The smallest absolute Gasteiger partial charge is 0.221 e. The molecule has 0 aliphatic rings. The SMILES string of the molecule is Cc1ccc(-c2nc3n(ccc4nc(-c5ccc(C)cc5)c(/C=N/N=C(N)N)n43)c2/C=N/N=C(N)N)cc1. The average molecular weight is 507 g/mol. The van der Waals surface area contributed by atoms with Gasteiger partial charge in [-0.25, -0.2) is 9.97 Å². The lowest BCUT2D eigenvalue weighted by Crippen LogP contribution is -2.21. The summed E-state index contributed by atoms with van der Waals surface area (Å²) in [6.45, 7) is 4.05. The lowest BCUT2D eigenvalue weighted by Gasteiger charge is -2.03. The van der Waals surface area contributed by atoms with Gasteiger partial charge >= 0.3 is 0 Å². The summed E-state index contributed by atoms with van der Waals surface area (Å²) in [7, 11) is 0. The van der Waals surface area contributed by atoms with Crippen LogP contribution in [0.2, 0.25) is 0 Å². The van der Waals surface area contributed by atoms with E-state index in [1.807, 2.05) is 83.4 Å². The Morgan fingerprint density at radius 2 is 1.18 bits per heavy atom. The molecule has 0 atom stereocenters. The molecular formula is C26H26N12. The zero-order valence-corrected chi connectivity index (χ0v) is 20.8. The summed E-state index contributed by atoms with van der Waals surface area (Å²) < 4.78 is 3.77. The van der Waals surface area contributed by atoms with Crippen molar-refractivity contribution in [2.24, 2.45) is 43.3 Å². The Labute approximate surface area is 217 Å². The highest BCUT2D eigenvalue weighted by atomic mass is 15.3. The van der Waals surface area contributed by atoms with Crippen molar-refractivity contribution in [1.29, 1.82) is 0 Å². The molecule has 38 heavy (non-hydrogen) atoms. The van der Waals surface area contributed by atoms with E-state index in [1.54, 1.807) is 12.4 Å². The molecule has 3 aromatic heterocycles. The molecule has 0 fully saturated rings. The van der Waals surface area contributed by atoms with Crippen LogP contribution in [0.25, 0.3) is 33.9 Å². The number of fused-ring (bicyclic) bond motifs is 3. The summed E-state index contributed by atoms with van der Waals surface area (Å²) in [4.78, 5) is 9.89. The molecule has 12 nitrogen and oxygen atoms in total. The summed E-state index contributed by atoms with van der Waals surface area (Å²) in [5.74, 6) is 0.268. The number of rotatable bonds is 6. The van der Waals surface area contributed by atoms with Crippen molar-refractivity contribution in [3.63, 3.8) is 0 Å². The number of hydrogen-bond acceptors (Lipinski definition) is 6. The third-order valence-corrected chi connectivity index (χ3v) is 5.80. The fraction of sp³-hybridized carbons (Fsp3) is 0.0769. The van der Waals surface area contributed by atoms with Crippen molar-refractivity contribution in [1.82, 2.24) is 18.8 Å². The standard InChI is InChI=1S/C26H26N12/c1-15-3-7-17(8-4-15)22-19(13-31-35-24(27)28)37-12-11-21-33-23(18-9-5-16(2)6-10-18)20(14-32-36-25(29)30)38(21)26(37)34-22/h3-14H,1-2H3,(H4,27,28,35)(H4,29,30,36)/b31-13+,32-14+. The molecule has 12 heteroatoms. The Morgan fingerprint density at radius 3 is 1.71 bits per heavy atom. The van der Waals surface area contributed by atoms with Gasteiger partial charge in [0.1, 0.15) is 11.3 Å². The van der Waals surface area contributed by atoms with Crippen molar-refractivity contribution in [2.45, 2.75) is 13.8 Å². The molecule has 0 bridgehead atoms. The normalized spacial score (nSPS) is 11.6. The van der Waals surface area contributed by atoms with E-state index in [2.05, 4.69) is 20.4 Å². The van der Waals surface area contributed by atoms with Crippen molar-refractivity contribution in [2.75, 3.05) is 0 Å². The minimum atomic E-state index is -0.155. The number of imidazole rings is 2. The van der Waals surface area contributed by atoms with Gasteiger partial charge in [0.2, 0.25) is 17.7 Å². The van der Waals surface area contributed by atoms with Crippen LogP contribution < -0.4 is 22.9 Å². The van der Waals surface area contributed by atoms with Gasteiger partial charge in [0.25, 0.3) is 0 Å². The number of hydrogen-bond donors (Lipinski definition) is 4. The number of aromatic nitrogens is 4. The second kappa shape index (κ2) is 9.85. The minimum absolute atomic E-state index is 0.148. The van der Waals surface area contributed by atoms with Gasteiger partial charge in [0.05, 0.1) is 29.5 Å². The van der Waals surface area contributed by atoms with E-state index in [4.69, 9.17) is 32.9 Å². The first kappa shape index (κ1) is 24.2. The summed E-state index contributed by atoms with van der Waals surface area (Å²) >= 11 is 0. The number of nitrogens with two attached hydrogens (primary N) is 4. The lowest BCUT2D eigenvalue weighted by atomic mass is 10.1.